The minimum absolute atomic E-state index is 0.212. The number of hydrogen-bond donors (Lipinski definition) is 0. The zero-order chi connectivity index (χ0) is 25.7. The predicted octanol–water partition coefficient (Wildman–Crippen LogP) is 3.87. The molecule has 0 unspecified atom stereocenters. The quantitative estimate of drug-likeness (QED) is 0.435. The first-order valence-corrected chi connectivity index (χ1v) is 12.5. The largest absolute Gasteiger partial charge is 0.493 e. The van der Waals surface area contributed by atoms with Crippen molar-refractivity contribution in [1.29, 1.82) is 0 Å². The number of esters is 1. The zero-order valence-electron chi connectivity index (χ0n) is 20.7. The lowest BCUT2D eigenvalue weighted by Crippen LogP contribution is -2.39. The summed E-state index contributed by atoms with van der Waals surface area (Å²) in [6, 6.07) is 14.5. The molecule has 0 saturated heterocycles. The van der Waals surface area contributed by atoms with Gasteiger partial charge in [0.25, 0.3) is 5.56 Å². The lowest BCUT2D eigenvalue weighted by molar-refractivity contribution is -0.139. The molecule has 1 atom stereocenters. The van der Waals surface area contributed by atoms with Gasteiger partial charge in [0.15, 0.2) is 16.3 Å². The van der Waals surface area contributed by atoms with E-state index in [1.165, 1.54) is 11.3 Å². The molecule has 0 fully saturated rings. The second-order valence-electron chi connectivity index (χ2n) is 7.94. The summed E-state index contributed by atoms with van der Waals surface area (Å²) < 4.78 is 18.6. The van der Waals surface area contributed by atoms with Crippen LogP contribution in [0.5, 0.6) is 11.5 Å². The van der Waals surface area contributed by atoms with E-state index in [9.17, 15) is 9.59 Å². The highest BCUT2D eigenvalue weighted by Gasteiger charge is 2.33. The molecule has 2 aromatic carbocycles. The molecular formula is C28H28N2O5S. The number of aromatic nitrogens is 1. The molecule has 1 aliphatic heterocycles. The highest BCUT2D eigenvalue weighted by molar-refractivity contribution is 7.07. The van der Waals surface area contributed by atoms with Crippen LogP contribution in [0.2, 0.25) is 0 Å². The summed E-state index contributed by atoms with van der Waals surface area (Å²) >= 11 is 1.28. The third-order valence-electron chi connectivity index (χ3n) is 5.66. The van der Waals surface area contributed by atoms with Crippen LogP contribution in [-0.4, -0.2) is 30.9 Å². The topological polar surface area (TPSA) is 79.1 Å². The third kappa shape index (κ3) is 5.04. The first-order chi connectivity index (χ1) is 17.5. The van der Waals surface area contributed by atoms with E-state index in [0.717, 1.165) is 5.56 Å². The van der Waals surface area contributed by atoms with E-state index < -0.39 is 12.0 Å². The van der Waals surface area contributed by atoms with Crippen LogP contribution in [0.15, 0.2) is 75.7 Å². The van der Waals surface area contributed by atoms with Crippen LogP contribution in [0.4, 0.5) is 0 Å². The lowest BCUT2D eigenvalue weighted by atomic mass is 9.95. The fraction of sp³-hybridized carbons (Fsp3) is 0.250. The molecule has 1 aromatic heterocycles. The molecule has 0 bridgehead atoms. The second kappa shape index (κ2) is 11.2. The Balaban J connectivity index is 1.88. The third-order valence-corrected chi connectivity index (χ3v) is 6.66. The van der Waals surface area contributed by atoms with Gasteiger partial charge >= 0.3 is 5.97 Å². The number of thiazole rings is 1. The van der Waals surface area contributed by atoms with Crippen LogP contribution in [-0.2, 0) is 9.53 Å². The molecule has 7 nitrogen and oxygen atoms in total. The Kier molecular flexibility index (Phi) is 7.85. The molecule has 186 valence electrons. The number of hydrogen-bond acceptors (Lipinski definition) is 7. The van der Waals surface area contributed by atoms with Gasteiger partial charge in [0.05, 0.1) is 42.2 Å². The molecule has 4 rings (SSSR count). The van der Waals surface area contributed by atoms with Gasteiger partial charge < -0.3 is 14.2 Å². The Hall–Kier alpha value is -3.91. The Morgan fingerprint density at radius 3 is 2.58 bits per heavy atom. The molecule has 0 spiro atoms. The van der Waals surface area contributed by atoms with Gasteiger partial charge in [-0.05, 0) is 50.1 Å². The number of fused-ring (bicyclic) bond motifs is 1. The van der Waals surface area contributed by atoms with Crippen molar-refractivity contribution >= 4 is 29.5 Å². The number of methoxy groups -OCH3 is 1. The van der Waals surface area contributed by atoms with Crippen molar-refractivity contribution in [2.24, 2.45) is 4.99 Å². The summed E-state index contributed by atoms with van der Waals surface area (Å²) in [7, 11) is 1.57. The molecular weight excluding hydrogens is 476 g/mol. The van der Waals surface area contributed by atoms with Crippen molar-refractivity contribution in [2.45, 2.75) is 26.8 Å². The monoisotopic (exact) mass is 504 g/mol. The summed E-state index contributed by atoms with van der Waals surface area (Å²) in [6.07, 6.45) is 5.55. The van der Waals surface area contributed by atoms with E-state index in [2.05, 4.69) is 4.99 Å². The Morgan fingerprint density at radius 1 is 1.11 bits per heavy atom. The second-order valence-corrected chi connectivity index (χ2v) is 8.95. The lowest BCUT2D eigenvalue weighted by Gasteiger charge is -2.25. The maximum Gasteiger partial charge on any atom is 0.338 e. The van der Waals surface area contributed by atoms with Crippen LogP contribution < -0.4 is 24.4 Å². The standard InChI is InChI=1S/C28H28N2O5S/c1-5-34-22-17-20(15-16-21(22)33-4)25-24(27(32)35-6-2)18(3)29-28-30(25)26(31)23(36-28)14-10-13-19-11-8-7-9-12-19/h7-17,25H,5-6H2,1-4H3/b13-10+,23-14+/t25-/m0/s1. The van der Waals surface area contributed by atoms with Crippen LogP contribution >= 0.6 is 11.3 Å². The number of nitrogens with zero attached hydrogens (tertiary/aromatic N) is 2. The molecule has 0 N–H and O–H groups in total. The van der Waals surface area contributed by atoms with E-state index in [4.69, 9.17) is 14.2 Å². The van der Waals surface area contributed by atoms with Gasteiger partial charge in [-0.1, -0.05) is 59.9 Å². The number of ether oxygens (including phenoxy) is 3. The van der Waals surface area contributed by atoms with Crippen molar-refractivity contribution in [1.82, 2.24) is 4.57 Å². The maximum absolute atomic E-state index is 13.6. The van der Waals surface area contributed by atoms with Gasteiger partial charge in [0.1, 0.15) is 0 Å². The molecule has 0 amide bonds. The van der Waals surface area contributed by atoms with E-state index in [0.29, 0.717) is 44.3 Å². The minimum Gasteiger partial charge on any atom is -0.493 e. The van der Waals surface area contributed by atoms with Crippen molar-refractivity contribution in [3.8, 4) is 11.5 Å². The van der Waals surface area contributed by atoms with E-state index in [1.807, 2.05) is 55.5 Å². The van der Waals surface area contributed by atoms with Crippen LogP contribution in [0.25, 0.3) is 12.2 Å². The first-order valence-electron chi connectivity index (χ1n) is 11.7. The number of rotatable bonds is 8. The molecule has 0 aliphatic carbocycles. The number of carbonyl (C=O) groups is 1. The van der Waals surface area contributed by atoms with Crippen LogP contribution in [0.3, 0.4) is 0 Å². The zero-order valence-corrected chi connectivity index (χ0v) is 21.5. The average molecular weight is 505 g/mol. The Bertz CT molecular complexity index is 1500. The number of carbonyl (C=O) groups excluding carboxylic acids is 1. The number of allylic oxidation sites excluding steroid dienone is 2. The van der Waals surface area contributed by atoms with E-state index in [-0.39, 0.29) is 12.2 Å². The Morgan fingerprint density at radius 2 is 1.89 bits per heavy atom. The van der Waals surface area contributed by atoms with Gasteiger partial charge in [-0.25, -0.2) is 9.79 Å². The molecule has 8 heteroatoms. The SMILES string of the molecule is CCOC(=O)C1=C(C)N=c2s/c(=C/C=C/c3ccccc3)c(=O)n2[C@H]1c1ccc(OC)c(OCC)c1. The number of benzene rings is 2. The highest BCUT2D eigenvalue weighted by Crippen LogP contribution is 2.36. The van der Waals surface area contributed by atoms with E-state index >= 15 is 0 Å². The van der Waals surface area contributed by atoms with E-state index in [1.54, 1.807) is 43.7 Å². The molecule has 0 radical (unpaired) electrons. The molecule has 0 saturated carbocycles. The van der Waals surface area contributed by atoms with Crippen molar-refractivity contribution < 1.29 is 19.0 Å². The fourth-order valence-corrected chi connectivity index (χ4v) is 5.06. The minimum atomic E-state index is -0.717. The Labute approximate surface area is 213 Å². The summed E-state index contributed by atoms with van der Waals surface area (Å²) in [5.41, 5.74) is 2.33. The van der Waals surface area contributed by atoms with Crippen LogP contribution in [0.1, 0.15) is 37.9 Å². The fourth-order valence-electron chi connectivity index (χ4n) is 4.06. The summed E-state index contributed by atoms with van der Waals surface area (Å²) in [5.74, 6) is 0.594. The van der Waals surface area contributed by atoms with Gasteiger partial charge in [-0.15, -0.1) is 0 Å². The van der Waals surface area contributed by atoms with Gasteiger partial charge in [-0.3, -0.25) is 9.36 Å². The molecule has 36 heavy (non-hydrogen) atoms. The normalized spacial score (nSPS) is 15.6. The van der Waals surface area contributed by atoms with Crippen molar-refractivity contribution in [3.05, 3.63) is 96.7 Å². The summed E-state index contributed by atoms with van der Waals surface area (Å²) in [6.45, 7) is 6.04. The smallest absolute Gasteiger partial charge is 0.338 e. The maximum atomic E-state index is 13.6. The summed E-state index contributed by atoms with van der Waals surface area (Å²) in [4.78, 5) is 31.8. The van der Waals surface area contributed by atoms with Crippen molar-refractivity contribution in [3.63, 3.8) is 0 Å². The highest BCUT2D eigenvalue weighted by atomic mass is 32.1. The van der Waals surface area contributed by atoms with Gasteiger partial charge in [-0.2, -0.15) is 0 Å². The predicted molar refractivity (Wildman–Crippen MR) is 141 cm³/mol. The average Bonchev–Trinajstić information content (AvgIpc) is 3.18. The van der Waals surface area contributed by atoms with Gasteiger partial charge in [0, 0.05) is 0 Å². The van der Waals surface area contributed by atoms with Gasteiger partial charge in [0.2, 0.25) is 0 Å². The molecule has 3 aromatic rings. The first kappa shape index (κ1) is 25.2. The van der Waals surface area contributed by atoms with Crippen molar-refractivity contribution in [2.75, 3.05) is 20.3 Å². The summed E-state index contributed by atoms with van der Waals surface area (Å²) in [5, 5.41) is 0. The molecule has 1 aliphatic rings. The van der Waals surface area contributed by atoms with Crippen LogP contribution in [0, 0.1) is 0 Å². The molecule has 2 heterocycles.